The fraction of sp³-hybridized carbons (Fsp3) is 0.316. The molecule has 7 heteroatoms. The molecule has 5 nitrogen and oxygen atoms in total. The van der Waals surface area contributed by atoms with Crippen LogP contribution in [0.3, 0.4) is 0 Å². The van der Waals surface area contributed by atoms with Crippen molar-refractivity contribution in [3.05, 3.63) is 46.6 Å². The Labute approximate surface area is 154 Å². The molecule has 0 bridgehead atoms. The molecular formula is C19H23BNO4P. The van der Waals surface area contributed by atoms with Gasteiger partial charge < -0.3 is 0 Å². The number of nitrogens with zero attached hydrogens (tertiary/aromatic N) is 1. The monoisotopic (exact) mass is 371 g/mol. The van der Waals surface area contributed by atoms with Crippen LogP contribution in [0.1, 0.15) is 27.2 Å². The highest BCUT2D eigenvalue weighted by Crippen LogP contribution is 2.52. The minimum Gasteiger partial charge on any atom is -0.294 e. The van der Waals surface area contributed by atoms with E-state index in [1.807, 2.05) is 24.3 Å². The summed E-state index contributed by atoms with van der Waals surface area (Å²) in [4.78, 5) is 49.7. The molecule has 1 unspecified atom stereocenters. The van der Waals surface area contributed by atoms with Crippen LogP contribution < -0.4 is 0 Å². The normalized spacial score (nSPS) is 24.7. The maximum atomic E-state index is 12.4. The molecule has 26 heavy (non-hydrogen) atoms. The predicted molar refractivity (Wildman–Crippen MR) is 107 cm³/mol. The number of carbonyl (C=O) groups excluding carboxylic acids is 4. The smallest absolute Gasteiger partial charge is 0.254 e. The first-order chi connectivity index (χ1) is 12.1. The molecule has 2 aliphatic heterocycles. The highest BCUT2D eigenvalue weighted by atomic mass is 31.2. The van der Waals surface area contributed by atoms with E-state index in [2.05, 4.69) is 0 Å². The Morgan fingerprint density at radius 2 is 1.85 bits per heavy atom. The summed E-state index contributed by atoms with van der Waals surface area (Å²) in [5, 5.41) is 0. The molecule has 2 aliphatic rings. The molecule has 0 aromatic heterocycles. The fourth-order valence-electron chi connectivity index (χ4n) is 3.01. The molecule has 0 aliphatic carbocycles. The molecule has 0 spiro atoms. The molecule has 2 amide bonds. The van der Waals surface area contributed by atoms with E-state index in [0.717, 1.165) is 4.90 Å². The van der Waals surface area contributed by atoms with E-state index in [4.69, 9.17) is 0 Å². The molecular weight excluding hydrogens is 348 g/mol. The topological polar surface area (TPSA) is 71.5 Å². The number of allylic oxidation sites excluding steroid dienone is 3. The van der Waals surface area contributed by atoms with Crippen LogP contribution in [0.4, 0.5) is 0 Å². The standard InChI is InChI=1S/C19H23BNO4P/c1-6-17(23)16-12-26(5,10-8-15(16)14(3)22)20-9-7-18(24)21(4)19(25)13(2)11-20/h7-12H,6H2,1-5H3/b9-7+,13-11?. The van der Waals surface area contributed by atoms with Gasteiger partial charge in [0.05, 0.1) is 0 Å². The van der Waals surface area contributed by atoms with Crippen molar-refractivity contribution in [1.82, 2.24) is 4.90 Å². The van der Waals surface area contributed by atoms with Gasteiger partial charge in [-0.3, -0.25) is 24.1 Å². The second-order valence-corrected chi connectivity index (χ2v) is 10.3. The van der Waals surface area contributed by atoms with Crippen LogP contribution in [0.15, 0.2) is 46.6 Å². The lowest BCUT2D eigenvalue weighted by molar-refractivity contribution is -0.137. The zero-order valence-electron chi connectivity index (χ0n) is 15.8. The Hall–Kier alpha value is -2.20. The average Bonchev–Trinajstić information content (AvgIpc) is 2.61. The Bertz CT molecular complexity index is 876. The fourth-order valence-corrected chi connectivity index (χ4v) is 5.78. The maximum absolute atomic E-state index is 12.4. The van der Waals surface area contributed by atoms with Crippen molar-refractivity contribution in [2.45, 2.75) is 27.2 Å². The van der Waals surface area contributed by atoms with Gasteiger partial charge in [-0.05, 0) is 26.6 Å². The molecule has 0 fully saturated rings. The zero-order chi connectivity index (χ0) is 19.6. The first kappa shape index (κ1) is 20.1. The number of Topliss-reactive ketones (excluding diaryl/α,β-unsaturated/α-hetero) is 2. The number of hydrogen-bond acceptors (Lipinski definition) is 4. The van der Waals surface area contributed by atoms with Crippen LogP contribution in [0, 0.1) is 0 Å². The van der Waals surface area contributed by atoms with E-state index < -0.39 is 6.76 Å². The third-order valence-electron chi connectivity index (χ3n) is 4.73. The first-order valence-electron chi connectivity index (χ1n) is 8.48. The summed E-state index contributed by atoms with van der Waals surface area (Å²) in [5.74, 6) is 6.58. The Morgan fingerprint density at radius 3 is 2.42 bits per heavy atom. The number of imide groups is 1. The Morgan fingerprint density at radius 1 is 1.19 bits per heavy atom. The van der Waals surface area contributed by atoms with E-state index >= 15 is 0 Å². The van der Waals surface area contributed by atoms with Crippen molar-refractivity contribution in [3.63, 3.8) is 0 Å². The van der Waals surface area contributed by atoms with E-state index in [9.17, 15) is 19.2 Å². The summed E-state index contributed by atoms with van der Waals surface area (Å²) in [6, 6.07) is 0. The van der Waals surface area contributed by atoms with Crippen LogP contribution in [0.5, 0.6) is 0 Å². The molecule has 0 saturated heterocycles. The van der Waals surface area contributed by atoms with Crippen LogP contribution in [0.25, 0.3) is 0 Å². The van der Waals surface area contributed by atoms with E-state index in [0.29, 0.717) is 23.1 Å². The van der Waals surface area contributed by atoms with Crippen molar-refractivity contribution < 1.29 is 19.2 Å². The van der Waals surface area contributed by atoms with Crippen molar-refractivity contribution in [2.24, 2.45) is 0 Å². The van der Waals surface area contributed by atoms with Gasteiger partial charge in [0.15, 0.2) is 11.6 Å². The number of ketones is 2. The lowest BCUT2D eigenvalue weighted by Gasteiger charge is -2.27. The quantitative estimate of drug-likeness (QED) is 0.432. The van der Waals surface area contributed by atoms with Gasteiger partial charge >= 0.3 is 0 Å². The Kier molecular flexibility index (Phi) is 5.87. The number of carbonyl (C=O) groups is 4. The van der Waals surface area contributed by atoms with Gasteiger partial charge in [0, 0.05) is 30.2 Å². The summed E-state index contributed by atoms with van der Waals surface area (Å²) < 4.78 is 0. The molecule has 1 atom stereocenters. The second-order valence-electron chi connectivity index (χ2n) is 6.73. The highest BCUT2D eigenvalue weighted by molar-refractivity contribution is 8.06. The number of hydrogen-bond donors (Lipinski definition) is 0. The predicted octanol–water partition coefficient (Wildman–Crippen LogP) is 2.40. The third-order valence-corrected chi connectivity index (χ3v) is 7.94. The lowest BCUT2D eigenvalue weighted by Crippen LogP contribution is -2.34. The minimum absolute atomic E-state index is 0.0758. The van der Waals surface area contributed by atoms with Crippen LogP contribution in [0.2, 0.25) is 0 Å². The van der Waals surface area contributed by atoms with E-state index in [1.54, 1.807) is 25.9 Å². The summed E-state index contributed by atoms with van der Waals surface area (Å²) in [6.07, 6.45) is 3.26. The molecule has 0 aromatic carbocycles. The van der Waals surface area contributed by atoms with Crippen LogP contribution >= 0.6 is 6.76 Å². The Balaban J connectivity index is 2.63. The van der Waals surface area contributed by atoms with Crippen molar-refractivity contribution >= 4 is 42.4 Å². The van der Waals surface area contributed by atoms with E-state index in [1.165, 1.54) is 20.0 Å². The summed E-state index contributed by atoms with van der Waals surface area (Å²) in [7, 11) is 1.45. The second kappa shape index (κ2) is 7.59. The van der Waals surface area contributed by atoms with Crippen LogP contribution in [-0.4, -0.2) is 54.2 Å². The number of amides is 2. The molecule has 0 radical (unpaired) electrons. The number of rotatable bonds is 4. The van der Waals surface area contributed by atoms with Gasteiger partial charge in [0.2, 0.25) is 6.43 Å². The van der Waals surface area contributed by atoms with Gasteiger partial charge in [-0.15, -0.1) is 12.7 Å². The largest absolute Gasteiger partial charge is 0.294 e. The van der Waals surface area contributed by atoms with Gasteiger partial charge in [0.25, 0.3) is 11.8 Å². The van der Waals surface area contributed by atoms with Gasteiger partial charge in [-0.25, -0.2) is 0 Å². The molecule has 0 N–H and O–H groups in total. The van der Waals surface area contributed by atoms with Gasteiger partial charge in [-0.1, -0.05) is 30.6 Å². The van der Waals surface area contributed by atoms with Crippen molar-refractivity contribution in [1.29, 1.82) is 0 Å². The van der Waals surface area contributed by atoms with Gasteiger partial charge in [-0.2, -0.15) is 0 Å². The molecule has 2 heterocycles. The van der Waals surface area contributed by atoms with E-state index in [-0.39, 0.29) is 29.8 Å². The molecule has 0 saturated carbocycles. The SMILES string of the molecule is CCC(=O)C1=C(C(C)=O)C=CP(C)(B2C=C(C)C(=O)N(C)C(=O)/C=C/2)=C1. The third kappa shape index (κ3) is 3.80. The molecule has 136 valence electrons. The van der Waals surface area contributed by atoms with Crippen molar-refractivity contribution in [3.8, 4) is 0 Å². The minimum atomic E-state index is -2.02. The van der Waals surface area contributed by atoms with Gasteiger partial charge in [0.1, 0.15) is 0 Å². The summed E-state index contributed by atoms with van der Waals surface area (Å²) >= 11 is 0. The maximum Gasteiger partial charge on any atom is 0.254 e. The highest BCUT2D eigenvalue weighted by Gasteiger charge is 2.30. The van der Waals surface area contributed by atoms with Crippen molar-refractivity contribution in [2.75, 3.05) is 13.7 Å². The zero-order valence-corrected chi connectivity index (χ0v) is 16.7. The summed E-state index contributed by atoms with van der Waals surface area (Å²) in [6.45, 7) is 4.91. The molecule has 0 aromatic rings. The average molecular weight is 371 g/mol. The number of likely N-dealkylation sites (N-methyl/N-ethyl adjacent to an activating group) is 1. The van der Waals surface area contributed by atoms with Crippen LogP contribution in [-0.2, 0) is 19.2 Å². The lowest BCUT2D eigenvalue weighted by atomic mass is 9.73. The first-order valence-corrected chi connectivity index (χ1v) is 10.9. The summed E-state index contributed by atoms with van der Waals surface area (Å²) in [5.41, 5.74) is 1.37. The molecule has 2 rings (SSSR count).